The van der Waals surface area contributed by atoms with Gasteiger partial charge in [-0.3, -0.25) is 4.57 Å². The number of alkyl halides is 3. The highest BCUT2D eigenvalue weighted by Crippen LogP contribution is 2.26. The van der Waals surface area contributed by atoms with Crippen LogP contribution in [0.4, 0.5) is 19.0 Å². The number of nitro groups is 1. The maximum atomic E-state index is 12.2. The first-order valence-corrected chi connectivity index (χ1v) is 8.96. The van der Waals surface area contributed by atoms with E-state index < -0.39 is 11.3 Å². The van der Waals surface area contributed by atoms with Crippen LogP contribution in [0.2, 0.25) is 0 Å². The third kappa shape index (κ3) is 4.99. The number of nitrogens with zero attached hydrogens (tertiary/aromatic N) is 5. The minimum atomic E-state index is -4.75. The highest BCUT2D eigenvalue weighted by molar-refractivity contribution is 5.59. The zero-order chi connectivity index (χ0) is 22.0. The third-order valence-corrected chi connectivity index (χ3v) is 4.31. The van der Waals surface area contributed by atoms with Crippen molar-refractivity contribution in [3.63, 3.8) is 0 Å². The number of benzene rings is 1. The van der Waals surface area contributed by atoms with Crippen LogP contribution in [0.5, 0.6) is 17.6 Å². The molecule has 1 unspecified atom stereocenters. The van der Waals surface area contributed by atoms with E-state index in [0.29, 0.717) is 24.2 Å². The number of imidazole rings is 1. The molecule has 31 heavy (non-hydrogen) atoms. The first kappa shape index (κ1) is 20.4. The standard InChI is InChI=1S/C18H14F3N5O5/c19-18(20,21)31-12-3-1-11(2-4-12)14-7-23-16(8-22-14)29-10-13-5-6-25-9-15(26(27)28)24-17(25)30-13/h1-4,7-9,13H,5-6,10H2. The molecule has 1 atom stereocenters. The Morgan fingerprint density at radius 3 is 2.65 bits per heavy atom. The highest BCUT2D eigenvalue weighted by atomic mass is 19.4. The molecule has 0 aliphatic carbocycles. The van der Waals surface area contributed by atoms with Crippen molar-refractivity contribution in [1.29, 1.82) is 0 Å². The number of ether oxygens (including phenoxy) is 3. The Bertz CT molecular complexity index is 1070. The summed E-state index contributed by atoms with van der Waals surface area (Å²) < 4.78 is 53.2. The monoisotopic (exact) mass is 437 g/mol. The van der Waals surface area contributed by atoms with E-state index in [0.717, 1.165) is 0 Å². The Kier molecular flexibility index (Phi) is 5.31. The van der Waals surface area contributed by atoms with Crippen LogP contribution in [-0.2, 0) is 6.54 Å². The third-order valence-electron chi connectivity index (χ3n) is 4.31. The molecule has 162 valence electrons. The van der Waals surface area contributed by atoms with Gasteiger partial charge in [0.15, 0.2) is 0 Å². The Balaban J connectivity index is 1.33. The van der Waals surface area contributed by atoms with E-state index in [9.17, 15) is 23.3 Å². The van der Waals surface area contributed by atoms with Gasteiger partial charge in [-0.25, -0.2) is 9.97 Å². The van der Waals surface area contributed by atoms with Gasteiger partial charge in [0.05, 0.1) is 18.1 Å². The second-order valence-electron chi connectivity index (χ2n) is 6.48. The molecule has 1 aliphatic rings. The lowest BCUT2D eigenvalue weighted by atomic mass is 10.1. The van der Waals surface area contributed by atoms with Gasteiger partial charge < -0.3 is 24.3 Å². The molecule has 0 fully saturated rings. The molecule has 0 radical (unpaired) electrons. The number of rotatable bonds is 6. The summed E-state index contributed by atoms with van der Waals surface area (Å²) >= 11 is 0. The Morgan fingerprint density at radius 2 is 2.00 bits per heavy atom. The van der Waals surface area contributed by atoms with Gasteiger partial charge in [0, 0.05) is 23.5 Å². The van der Waals surface area contributed by atoms with Gasteiger partial charge in [0.25, 0.3) is 0 Å². The van der Waals surface area contributed by atoms with Gasteiger partial charge >= 0.3 is 18.2 Å². The van der Waals surface area contributed by atoms with E-state index in [1.165, 1.54) is 42.9 Å². The van der Waals surface area contributed by atoms with Gasteiger partial charge in [0.1, 0.15) is 24.7 Å². The topological polar surface area (TPSA) is 114 Å². The van der Waals surface area contributed by atoms with E-state index in [2.05, 4.69) is 19.7 Å². The molecule has 0 bridgehead atoms. The summed E-state index contributed by atoms with van der Waals surface area (Å²) in [6.45, 7) is 0.640. The average molecular weight is 437 g/mol. The summed E-state index contributed by atoms with van der Waals surface area (Å²) in [7, 11) is 0. The molecule has 0 amide bonds. The normalized spacial score (nSPS) is 15.6. The average Bonchev–Trinajstić information content (AvgIpc) is 3.16. The first-order valence-electron chi connectivity index (χ1n) is 8.96. The van der Waals surface area contributed by atoms with Crippen molar-refractivity contribution < 1.29 is 32.3 Å². The van der Waals surface area contributed by atoms with Gasteiger partial charge in [-0.2, -0.15) is 0 Å². The van der Waals surface area contributed by atoms with Crippen LogP contribution in [0.25, 0.3) is 11.3 Å². The van der Waals surface area contributed by atoms with Gasteiger partial charge in [-0.05, 0) is 29.2 Å². The Labute approximate surface area is 172 Å². The molecule has 4 rings (SSSR count). The summed E-state index contributed by atoms with van der Waals surface area (Å²) in [6.07, 6.45) is -0.429. The predicted molar refractivity (Wildman–Crippen MR) is 97.6 cm³/mol. The SMILES string of the molecule is O=[N+]([O-])c1cn2c(n1)OC(COc1cnc(-c3ccc(OC(F)(F)F)cc3)cn1)CC2. The van der Waals surface area contributed by atoms with Crippen molar-refractivity contribution in [3.8, 4) is 28.9 Å². The lowest BCUT2D eigenvalue weighted by Crippen LogP contribution is -2.31. The van der Waals surface area contributed by atoms with Crippen molar-refractivity contribution in [3.05, 3.63) is 53.0 Å². The largest absolute Gasteiger partial charge is 0.573 e. The molecule has 3 heterocycles. The van der Waals surface area contributed by atoms with Crippen molar-refractivity contribution in [1.82, 2.24) is 19.5 Å². The summed E-state index contributed by atoms with van der Waals surface area (Å²) in [6, 6.07) is 5.39. The van der Waals surface area contributed by atoms with E-state index in [1.807, 2.05) is 0 Å². The second kappa shape index (κ2) is 8.08. The first-order chi connectivity index (χ1) is 14.8. The number of hydrogen-bond acceptors (Lipinski definition) is 8. The molecule has 0 spiro atoms. The van der Waals surface area contributed by atoms with Crippen LogP contribution in [0.15, 0.2) is 42.9 Å². The van der Waals surface area contributed by atoms with Crippen molar-refractivity contribution >= 4 is 5.82 Å². The van der Waals surface area contributed by atoms with Gasteiger partial charge in [-0.15, -0.1) is 13.2 Å². The minimum absolute atomic E-state index is 0.137. The van der Waals surface area contributed by atoms with Crippen LogP contribution in [-0.4, -0.2) is 43.5 Å². The fourth-order valence-corrected chi connectivity index (χ4v) is 2.88. The molecular weight excluding hydrogens is 423 g/mol. The zero-order valence-corrected chi connectivity index (χ0v) is 15.7. The van der Waals surface area contributed by atoms with Crippen LogP contribution < -0.4 is 14.2 Å². The molecule has 2 aromatic heterocycles. The highest BCUT2D eigenvalue weighted by Gasteiger charge is 2.31. The molecule has 0 saturated heterocycles. The summed E-state index contributed by atoms with van der Waals surface area (Å²) in [5.74, 6) is -0.386. The van der Waals surface area contributed by atoms with E-state index in [1.54, 1.807) is 4.57 Å². The summed E-state index contributed by atoms with van der Waals surface area (Å²) in [4.78, 5) is 22.3. The molecule has 1 aliphatic heterocycles. The molecule has 10 nitrogen and oxygen atoms in total. The van der Waals surface area contributed by atoms with Crippen molar-refractivity contribution in [2.24, 2.45) is 0 Å². The fourth-order valence-electron chi connectivity index (χ4n) is 2.88. The van der Waals surface area contributed by atoms with Crippen LogP contribution in [0, 0.1) is 10.1 Å². The molecular formula is C18H14F3N5O5. The van der Waals surface area contributed by atoms with Gasteiger partial charge in [0.2, 0.25) is 5.88 Å². The smallest absolute Gasteiger partial charge is 0.473 e. The molecule has 1 aromatic carbocycles. The Morgan fingerprint density at radius 1 is 1.23 bits per heavy atom. The second-order valence-corrected chi connectivity index (χ2v) is 6.48. The van der Waals surface area contributed by atoms with E-state index in [-0.39, 0.29) is 36.2 Å². The molecule has 0 saturated carbocycles. The minimum Gasteiger partial charge on any atom is -0.473 e. The summed E-state index contributed by atoms with van der Waals surface area (Å²) in [5.41, 5.74) is 0.992. The van der Waals surface area contributed by atoms with Crippen LogP contribution in [0.3, 0.4) is 0 Å². The predicted octanol–water partition coefficient (Wildman–Crippen LogP) is 3.38. The summed E-state index contributed by atoms with van der Waals surface area (Å²) in [5, 5.41) is 10.8. The van der Waals surface area contributed by atoms with Crippen molar-refractivity contribution in [2.75, 3.05) is 6.61 Å². The number of halogens is 3. The molecule has 3 aromatic rings. The van der Waals surface area contributed by atoms with Crippen molar-refractivity contribution in [2.45, 2.75) is 25.4 Å². The maximum absolute atomic E-state index is 12.2. The maximum Gasteiger partial charge on any atom is 0.573 e. The number of hydrogen-bond donors (Lipinski definition) is 0. The molecule has 0 N–H and O–H groups in total. The Hall–Kier alpha value is -3.90. The number of aromatic nitrogens is 4. The zero-order valence-electron chi connectivity index (χ0n) is 15.7. The van der Waals surface area contributed by atoms with Gasteiger partial charge in [-0.1, -0.05) is 0 Å². The fraction of sp³-hybridized carbons (Fsp3) is 0.278. The lowest BCUT2D eigenvalue weighted by molar-refractivity contribution is -0.389. The van der Waals surface area contributed by atoms with Crippen LogP contribution in [0.1, 0.15) is 6.42 Å². The number of aryl methyl sites for hydroxylation is 1. The van der Waals surface area contributed by atoms with E-state index in [4.69, 9.17) is 9.47 Å². The quantitative estimate of drug-likeness (QED) is 0.426. The lowest BCUT2D eigenvalue weighted by Gasteiger charge is -2.21. The van der Waals surface area contributed by atoms with E-state index >= 15 is 0 Å². The van der Waals surface area contributed by atoms with Crippen LogP contribution >= 0.6 is 0 Å². The number of fused-ring (bicyclic) bond motifs is 1. The molecule has 13 heteroatoms.